The lowest BCUT2D eigenvalue weighted by atomic mass is 10.1. The van der Waals surface area contributed by atoms with Gasteiger partial charge in [0.25, 0.3) is 0 Å². The number of hydrogen-bond donors (Lipinski definition) is 1. The van der Waals surface area contributed by atoms with E-state index < -0.39 is 0 Å². The molecular formula is C23H20BrN3. The molecule has 4 heteroatoms. The molecule has 0 aliphatic carbocycles. The molecule has 4 aromatic rings. The van der Waals surface area contributed by atoms with E-state index in [1.165, 1.54) is 11.1 Å². The van der Waals surface area contributed by atoms with Crippen LogP contribution in [0.15, 0.2) is 95.6 Å². The molecule has 0 atom stereocenters. The van der Waals surface area contributed by atoms with Crippen LogP contribution < -0.4 is 5.32 Å². The lowest BCUT2D eigenvalue weighted by Crippen LogP contribution is -2.12. The maximum Gasteiger partial charge on any atom is 0.0972 e. The number of halogens is 1. The molecule has 0 unspecified atom stereocenters. The van der Waals surface area contributed by atoms with Gasteiger partial charge in [0.1, 0.15) is 0 Å². The summed E-state index contributed by atoms with van der Waals surface area (Å²) in [6.07, 6.45) is 2.12. The zero-order valence-electron chi connectivity index (χ0n) is 14.8. The Hall–Kier alpha value is -2.69. The summed E-state index contributed by atoms with van der Waals surface area (Å²) >= 11 is 3.51. The van der Waals surface area contributed by atoms with Gasteiger partial charge in [-0.05, 0) is 29.8 Å². The van der Waals surface area contributed by atoms with Gasteiger partial charge in [0.2, 0.25) is 0 Å². The number of para-hydroxylation sites is 1. The van der Waals surface area contributed by atoms with Gasteiger partial charge in [0.15, 0.2) is 0 Å². The van der Waals surface area contributed by atoms with Crippen LogP contribution in [0, 0.1) is 0 Å². The Morgan fingerprint density at radius 2 is 1.44 bits per heavy atom. The van der Waals surface area contributed by atoms with Crippen molar-refractivity contribution in [1.82, 2.24) is 15.1 Å². The van der Waals surface area contributed by atoms with Crippen molar-refractivity contribution in [2.45, 2.75) is 13.1 Å². The summed E-state index contributed by atoms with van der Waals surface area (Å²) in [4.78, 5) is 0. The fraction of sp³-hybridized carbons (Fsp3) is 0.0870. The van der Waals surface area contributed by atoms with Crippen molar-refractivity contribution in [3.8, 4) is 16.9 Å². The molecule has 4 rings (SSSR count). The van der Waals surface area contributed by atoms with Gasteiger partial charge in [-0.2, -0.15) is 5.10 Å². The van der Waals surface area contributed by atoms with Crippen LogP contribution in [-0.2, 0) is 13.1 Å². The second-order valence-electron chi connectivity index (χ2n) is 6.38. The molecular weight excluding hydrogens is 398 g/mol. The maximum atomic E-state index is 4.87. The molecule has 0 saturated carbocycles. The standard InChI is InChI=1S/C23H20BrN3/c24-21-13-11-19(12-14-21)23-20(16-25-15-18-7-3-1-4-8-18)17-27(26-23)22-9-5-2-6-10-22/h1-14,17,25H,15-16H2. The average Bonchev–Trinajstić information content (AvgIpc) is 3.14. The Morgan fingerprint density at radius 3 is 2.15 bits per heavy atom. The summed E-state index contributed by atoms with van der Waals surface area (Å²) in [6.45, 7) is 1.59. The molecule has 0 spiro atoms. The molecule has 1 heterocycles. The Morgan fingerprint density at radius 1 is 0.778 bits per heavy atom. The number of nitrogens with one attached hydrogen (secondary N) is 1. The first-order valence-corrected chi connectivity index (χ1v) is 9.73. The van der Waals surface area contributed by atoms with Crippen molar-refractivity contribution < 1.29 is 0 Å². The van der Waals surface area contributed by atoms with E-state index in [0.29, 0.717) is 0 Å². The summed E-state index contributed by atoms with van der Waals surface area (Å²) in [5, 5.41) is 8.41. The maximum absolute atomic E-state index is 4.87. The van der Waals surface area contributed by atoms with Crippen LogP contribution >= 0.6 is 15.9 Å². The molecule has 0 aliphatic rings. The fourth-order valence-corrected chi connectivity index (χ4v) is 3.30. The van der Waals surface area contributed by atoms with Crippen molar-refractivity contribution in [3.05, 3.63) is 107 Å². The molecule has 0 aliphatic heterocycles. The van der Waals surface area contributed by atoms with E-state index in [0.717, 1.165) is 34.5 Å². The van der Waals surface area contributed by atoms with E-state index in [2.05, 4.69) is 88.1 Å². The van der Waals surface area contributed by atoms with E-state index in [4.69, 9.17) is 5.10 Å². The molecule has 0 radical (unpaired) electrons. The molecule has 1 aromatic heterocycles. The van der Waals surface area contributed by atoms with Crippen molar-refractivity contribution in [1.29, 1.82) is 0 Å². The van der Waals surface area contributed by atoms with E-state index in [1.807, 2.05) is 28.9 Å². The van der Waals surface area contributed by atoms with Crippen molar-refractivity contribution in [3.63, 3.8) is 0 Å². The van der Waals surface area contributed by atoms with Crippen LogP contribution in [0.2, 0.25) is 0 Å². The molecule has 0 bridgehead atoms. The molecule has 0 amide bonds. The van der Waals surface area contributed by atoms with Crippen LogP contribution in [-0.4, -0.2) is 9.78 Å². The fourth-order valence-electron chi connectivity index (χ4n) is 3.04. The third kappa shape index (κ3) is 4.35. The second-order valence-corrected chi connectivity index (χ2v) is 7.29. The Bertz CT molecular complexity index is 993. The Balaban J connectivity index is 1.61. The van der Waals surface area contributed by atoms with Gasteiger partial charge in [0.05, 0.1) is 11.4 Å². The highest BCUT2D eigenvalue weighted by Crippen LogP contribution is 2.25. The van der Waals surface area contributed by atoms with Gasteiger partial charge in [-0.1, -0.05) is 76.6 Å². The quantitative estimate of drug-likeness (QED) is 0.442. The highest BCUT2D eigenvalue weighted by molar-refractivity contribution is 9.10. The molecule has 1 N–H and O–H groups in total. The molecule has 27 heavy (non-hydrogen) atoms. The van der Waals surface area contributed by atoms with Gasteiger partial charge in [-0.15, -0.1) is 0 Å². The smallest absolute Gasteiger partial charge is 0.0972 e. The number of hydrogen-bond acceptors (Lipinski definition) is 2. The SMILES string of the molecule is Brc1ccc(-c2nn(-c3ccccc3)cc2CNCc2ccccc2)cc1. The molecule has 0 saturated heterocycles. The molecule has 134 valence electrons. The van der Waals surface area contributed by atoms with Crippen LogP contribution in [0.25, 0.3) is 16.9 Å². The summed E-state index contributed by atoms with van der Waals surface area (Å²) in [5.74, 6) is 0. The van der Waals surface area contributed by atoms with E-state index >= 15 is 0 Å². The molecule has 0 fully saturated rings. The van der Waals surface area contributed by atoms with Gasteiger partial charge in [0, 0.05) is 34.9 Å². The first-order chi connectivity index (χ1) is 13.3. The minimum absolute atomic E-state index is 0.757. The van der Waals surface area contributed by atoms with Crippen LogP contribution in [0.1, 0.15) is 11.1 Å². The first kappa shape index (κ1) is 17.7. The number of aromatic nitrogens is 2. The first-order valence-electron chi connectivity index (χ1n) is 8.94. The summed E-state index contributed by atoms with van der Waals surface area (Å²) in [6, 6.07) is 29.0. The van der Waals surface area contributed by atoms with Gasteiger partial charge in [-0.3, -0.25) is 0 Å². The van der Waals surface area contributed by atoms with Gasteiger partial charge < -0.3 is 5.32 Å². The Labute approximate surface area is 167 Å². The van der Waals surface area contributed by atoms with Gasteiger partial charge >= 0.3 is 0 Å². The van der Waals surface area contributed by atoms with Crippen molar-refractivity contribution >= 4 is 15.9 Å². The Kier molecular flexibility index (Phi) is 5.47. The van der Waals surface area contributed by atoms with Gasteiger partial charge in [-0.25, -0.2) is 4.68 Å². The van der Waals surface area contributed by atoms with Crippen LogP contribution in [0.4, 0.5) is 0 Å². The van der Waals surface area contributed by atoms with Crippen molar-refractivity contribution in [2.24, 2.45) is 0 Å². The monoisotopic (exact) mass is 417 g/mol. The summed E-state index contributed by atoms with van der Waals surface area (Å²) < 4.78 is 3.02. The lowest BCUT2D eigenvalue weighted by Gasteiger charge is -2.05. The summed E-state index contributed by atoms with van der Waals surface area (Å²) in [7, 11) is 0. The number of rotatable bonds is 6. The largest absolute Gasteiger partial charge is 0.308 e. The predicted molar refractivity (Wildman–Crippen MR) is 114 cm³/mol. The van der Waals surface area contributed by atoms with Crippen molar-refractivity contribution in [2.75, 3.05) is 0 Å². The van der Waals surface area contributed by atoms with Crippen LogP contribution in [0.3, 0.4) is 0 Å². The zero-order chi connectivity index (χ0) is 18.5. The average molecular weight is 418 g/mol. The van der Waals surface area contributed by atoms with E-state index in [1.54, 1.807) is 0 Å². The molecule has 3 nitrogen and oxygen atoms in total. The highest BCUT2D eigenvalue weighted by atomic mass is 79.9. The minimum Gasteiger partial charge on any atom is -0.308 e. The minimum atomic E-state index is 0.757. The third-order valence-corrected chi connectivity index (χ3v) is 4.94. The lowest BCUT2D eigenvalue weighted by molar-refractivity contribution is 0.694. The topological polar surface area (TPSA) is 29.9 Å². The zero-order valence-corrected chi connectivity index (χ0v) is 16.4. The van der Waals surface area contributed by atoms with Crippen LogP contribution in [0.5, 0.6) is 0 Å². The predicted octanol–water partition coefficient (Wildman–Crippen LogP) is 5.59. The third-order valence-electron chi connectivity index (χ3n) is 4.42. The molecule has 3 aromatic carbocycles. The van der Waals surface area contributed by atoms with E-state index in [-0.39, 0.29) is 0 Å². The number of benzene rings is 3. The summed E-state index contributed by atoms with van der Waals surface area (Å²) in [5.41, 5.74) is 5.64. The number of nitrogens with zero attached hydrogens (tertiary/aromatic N) is 2. The normalized spacial score (nSPS) is 10.9. The second kappa shape index (κ2) is 8.33. The van der Waals surface area contributed by atoms with E-state index in [9.17, 15) is 0 Å². The highest BCUT2D eigenvalue weighted by Gasteiger charge is 2.12.